The number of fused-ring (bicyclic) bond motifs is 1. The Morgan fingerprint density at radius 2 is 0.701 bits per heavy atom. The average Bonchev–Trinajstić information content (AvgIpc) is 1.62. The summed E-state index contributed by atoms with van der Waals surface area (Å²) in [5.41, 5.74) is 4.68. The number of cyclic esters (lactones) is 4. The van der Waals surface area contributed by atoms with Gasteiger partial charge in [0.05, 0.1) is 122 Å². The largest absolute Gasteiger partial charge is 0.457 e. The summed E-state index contributed by atoms with van der Waals surface area (Å²) < 4.78 is 46.6. The zero-order chi connectivity index (χ0) is 108. The van der Waals surface area contributed by atoms with E-state index in [1.165, 1.54) is 24.7 Å². The number of Topliss-reactive ketones (excluding diaryl/α,β-unsaturated/α-hetero) is 4. The smallest absolute Gasteiger partial charge is 0.309 e. The first-order chi connectivity index (χ1) is 66.6. The molecule has 0 radical (unpaired) electrons. The maximum atomic E-state index is 13.2. The number of thiazole rings is 2. The minimum absolute atomic E-state index is 0. The van der Waals surface area contributed by atoms with E-state index in [1.807, 2.05) is 199 Å². The number of hydrogen-bond donors (Lipinski definition) is 8. The molecule has 28 nitrogen and oxygen atoms in total. The summed E-state index contributed by atoms with van der Waals surface area (Å²) in [6, 6.07) is 5.91. The van der Waals surface area contributed by atoms with Crippen LogP contribution in [0.15, 0.2) is 157 Å². The summed E-state index contributed by atoms with van der Waals surface area (Å²) >= 11 is 3.14. The number of aromatic nitrogens is 4. The van der Waals surface area contributed by atoms with E-state index < -0.39 is 155 Å². The first-order valence-corrected chi connectivity index (χ1v) is 51.3. The normalized spacial score (nSPS) is 33.3. The van der Waals surface area contributed by atoms with E-state index in [0.717, 1.165) is 64.9 Å². The van der Waals surface area contributed by atoms with Gasteiger partial charge in [0, 0.05) is 69.0 Å². The molecule has 4 aliphatic rings. The number of ether oxygens (including phenoxy) is 6. The molecule has 8 heterocycles. The first-order valence-electron chi connectivity index (χ1n) is 49.6. The molecule has 798 valence electrons. The van der Waals surface area contributed by atoms with Crippen LogP contribution in [0.1, 0.15) is 282 Å². The monoisotopic (exact) mass is 2040 g/mol. The number of esters is 4. The number of oxazole rings is 2. The summed E-state index contributed by atoms with van der Waals surface area (Å²) in [7, 11) is 3.08. The molecule has 30 heteroatoms. The standard InChI is InChI=1S/C29H39NO5S.C28H41NO7.C28H41NO6S.C28H41NO6.CH4/c1-16-9-8-10-17(2)26(33)19(4)28(34)29(6,7)24(31)15-25(32)35-27(18(3)13-16)21-11-12-23-22(14-21)30-20(5)36-23;1-16-10-9-11-17(2)25(32)19(4)27(33)28(6,7)23(30)14-24(31)36-26(22(12-16)34-8)18(3)13-21-15-35-20(5)29-21;1-16-10-9-11-17(2)25(32)19(4)27(33)28(6,7)23(30)14-24(31)35-26(22(12-16)34-8)18(3)13-21-15-36-20(5)29-21;1-16-10-9-11-17(2)25(32)20(5)27(33)28(7,8)23(30)14-24(31)35-26(18(3)12-16)19(4)13-22-15-34-21(6)29-22;/h8-9,11-14,17-19,24,26-27,31,33H,10,15H2,1-7H3;2*9-10,12-13,15,17,19,22-23,25-26,30,32H,11,14H2,1-8H3;9-10,12-13,15,17-18,20,23,25-26,30,32H,11,14H2,1-8H3;1H4/b9-8+,16-13-;2*10-9+,16-12-,18-13+;10-9+,16-12-,19-13+;/t17-,18-,19+,24-,26-,27-;2*17-,19+,22-,23-,25-,26+;17-,18-,20+,23-,25-,26-;/m0000./s1. The Kier molecular flexibility index (Phi) is 48.6. The summed E-state index contributed by atoms with van der Waals surface area (Å²) in [6.07, 6.45) is 20.5. The summed E-state index contributed by atoms with van der Waals surface area (Å²) in [6.45, 7) is 51.7. The molecule has 8 N–H and O–H groups in total. The Morgan fingerprint density at radius 3 is 1.01 bits per heavy atom. The summed E-state index contributed by atoms with van der Waals surface area (Å²) in [5, 5.41) is 90.5. The van der Waals surface area contributed by atoms with Crippen molar-refractivity contribution in [2.75, 3.05) is 14.2 Å². The van der Waals surface area contributed by atoms with Crippen LogP contribution in [0.2, 0.25) is 0 Å². The fourth-order valence-corrected chi connectivity index (χ4v) is 19.6. The predicted molar refractivity (Wildman–Crippen MR) is 565 cm³/mol. The molecule has 0 fully saturated rings. The number of carbonyl (C=O) groups excluding carboxylic acids is 8. The number of rotatable bonds is 9. The van der Waals surface area contributed by atoms with Gasteiger partial charge in [-0.05, 0) is 176 Å². The second-order valence-electron chi connectivity index (χ2n) is 42.2. The van der Waals surface area contributed by atoms with Crippen LogP contribution in [0.3, 0.4) is 0 Å². The summed E-state index contributed by atoms with van der Waals surface area (Å²) in [4.78, 5) is 123. The molecule has 0 bridgehead atoms. The number of ketones is 4. The van der Waals surface area contributed by atoms with Crippen molar-refractivity contribution in [3.05, 3.63) is 192 Å². The van der Waals surface area contributed by atoms with Crippen LogP contribution < -0.4 is 0 Å². The highest BCUT2D eigenvalue weighted by molar-refractivity contribution is 7.18. The average molecular weight is 2040 g/mol. The van der Waals surface area contributed by atoms with Gasteiger partial charge in [-0.1, -0.05) is 221 Å². The number of aliphatic hydroxyl groups is 8. The van der Waals surface area contributed by atoms with Gasteiger partial charge < -0.3 is 78.1 Å². The van der Waals surface area contributed by atoms with Gasteiger partial charge in [0.2, 0.25) is 0 Å². The van der Waals surface area contributed by atoms with Crippen LogP contribution in [-0.4, -0.2) is 201 Å². The lowest BCUT2D eigenvalue weighted by atomic mass is 9.73. The molecule has 1 aromatic carbocycles. The van der Waals surface area contributed by atoms with Gasteiger partial charge in [0.1, 0.15) is 71.5 Å². The van der Waals surface area contributed by atoms with Crippen molar-refractivity contribution in [3.8, 4) is 0 Å². The van der Waals surface area contributed by atoms with Gasteiger partial charge in [-0.2, -0.15) is 0 Å². The van der Waals surface area contributed by atoms with Crippen molar-refractivity contribution in [1.82, 2.24) is 19.9 Å². The molecule has 5 aromatic rings. The van der Waals surface area contributed by atoms with E-state index in [1.54, 1.807) is 135 Å². The number of hydrogen-bond acceptors (Lipinski definition) is 30. The lowest BCUT2D eigenvalue weighted by Gasteiger charge is -2.34. The van der Waals surface area contributed by atoms with Crippen molar-refractivity contribution >= 4 is 98.1 Å². The second-order valence-corrected chi connectivity index (χ2v) is 44.5. The molecule has 9 rings (SSSR count). The molecule has 0 unspecified atom stereocenters. The van der Waals surface area contributed by atoms with Crippen LogP contribution in [0.4, 0.5) is 0 Å². The molecule has 24 atom stereocenters. The highest BCUT2D eigenvalue weighted by Gasteiger charge is 2.48. The maximum absolute atomic E-state index is 13.2. The number of carbonyl (C=O) groups is 8. The van der Waals surface area contributed by atoms with E-state index in [2.05, 4.69) is 26.0 Å². The number of benzene rings is 1. The van der Waals surface area contributed by atoms with Crippen LogP contribution in [0.5, 0.6) is 0 Å². The molecule has 4 aliphatic heterocycles. The van der Waals surface area contributed by atoms with Crippen LogP contribution in [-0.2, 0) is 66.8 Å². The third kappa shape index (κ3) is 35.4. The van der Waals surface area contributed by atoms with Crippen molar-refractivity contribution in [2.45, 2.75) is 345 Å². The number of aryl methyl sites for hydroxylation is 4. The third-order valence-electron chi connectivity index (χ3n) is 28.2. The minimum Gasteiger partial charge on any atom is -0.457 e. The first kappa shape index (κ1) is 125. The van der Waals surface area contributed by atoms with E-state index >= 15 is 0 Å². The Morgan fingerprint density at radius 1 is 0.396 bits per heavy atom. The molecule has 4 aromatic heterocycles. The number of nitrogens with zero attached hydrogens (tertiary/aromatic N) is 4. The molecule has 0 spiro atoms. The van der Waals surface area contributed by atoms with E-state index in [4.69, 9.17) is 37.3 Å². The topological polar surface area (TPSA) is 432 Å². The molecule has 0 amide bonds. The Hall–Kier alpha value is -9.54. The van der Waals surface area contributed by atoms with Gasteiger partial charge in [0.25, 0.3) is 0 Å². The molecule has 0 saturated heterocycles. The fraction of sp³-hybridized carbons (Fsp3) is 0.596. The predicted octanol–water partition coefficient (Wildman–Crippen LogP) is 20.0. The zero-order valence-corrected chi connectivity index (χ0v) is 91.5. The van der Waals surface area contributed by atoms with Gasteiger partial charge in [-0.25, -0.2) is 19.9 Å². The SMILES string of the molecule is C.CC1=C/[C@H](C)[C@@H](/C(C)=C/c2coc(C)n2)OC(=O)C[C@H](O)C(C)(C)C(=O)[C@H](C)[C@@H](O)[C@@H](C)C\C=C\1.CC1=C/[C@H](C)[C@@H](c2ccc3sc(C)nc3c2)OC(=O)C[C@H](O)C(C)(C)C(=O)[C@H](C)[C@@H](O)[C@@H](C)C\C=C\1.CO[C@H]1/C=C(C)\C=C\C[C@H](C)[C@H](O)[C@@H](C)C(=O)C(C)(C)[C@@H](O)CC(=O)O[C@@H]1/C(C)=C/c1coc(C)n1.CO[C@H]1/C=C(C)\C=C\C[C@H](C)[C@H](O)[C@@H](C)C(=O)C(C)(C)[C@@H](O)CC(=O)O[C@@H]1/C(C)=C/c1csc(C)n1. The highest BCUT2D eigenvalue weighted by Crippen LogP contribution is 2.41. The quantitative estimate of drug-likeness (QED) is 0.0502. The van der Waals surface area contributed by atoms with Crippen LogP contribution in [0.25, 0.3) is 28.4 Å². The second kappa shape index (κ2) is 56.0. The van der Waals surface area contributed by atoms with Crippen LogP contribution in [0, 0.1) is 109 Å². The van der Waals surface area contributed by atoms with Crippen molar-refractivity contribution in [3.63, 3.8) is 0 Å². The highest BCUT2D eigenvalue weighted by atomic mass is 32.1. The molecular formula is C114H166N4O24S2. The number of allylic oxidation sites excluding steroid dienone is 12. The van der Waals surface area contributed by atoms with E-state index in [0.29, 0.717) is 54.4 Å². The van der Waals surface area contributed by atoms with Gasteiger partial charge in [0.15, 0.2) is 24.0 Å². The van der Waals surface area contributed by atoms with Crippen molar-refractivity contribution in [1.29, 1.82) is 0 Å². The zero-order valence-electron chi connectivity index (χ0n) is 89.9. The fourth-order valence-electron chi connectivity index (χ4n) is 18.2. The Bertz CT molecular complexity index is 5320. The molecule has 0 saturated carbocycles. The molecule has 0 aliphatic carbocycles. The minimum atomic E-state index is -1.29. The summed E-state index contributed by atoms with van der Waals surface area (Å²) in [5.74, 6) is -6.35. The lowest BCUT2D eigenvalue weighted by Crippen LogP contribution is -2.46. The molecular weight excluding hydrogens is 1870 g/mol. The van der Waals surface area contributed by atoms with Crippen LogP contribution >= 0.6 is 22.7 Å². The van der Waals surface area contributed by atoms with E-state index in [9.17, 15) is 79.2 Å². The van der Waals surface area contributed by atoms with Gasteiger partial charge >= 0.3 is 23.9 Å². The van der Waals surface area contributed by atoms with Gasteiger partial charge in [-0.15, -0.1) is 22.7 Å². The van der Waals surface area contributed by atoms with Crippen molar-refractivity contribution in [2.24, 2.45) is 80.8 Å². The Labute approximate surface area is 862 Å². The maximum Gasteiger partial charge on any atom is 0.309 e. The van der Waals surface area contributed by atoms with E-state index in [-0.39, 0.29) is 91.8 Å². The van der Waals surface area contributed by atoms with Crippen molar-refractivity contribution < 1.29 is 116 Å². The lowest BCUT2D eigenvalue weighted by molar-refractivity contribution is -0.159. The molecule has 144 heavy (non-hydrogen) atoms. The third-order valence-corrected chi connectivity index (χ3v) is 29.9. The number of aliphatic hydroxyl groups excluding tert-OH is 8. The van der Waals surface area contributed by atoms with Gasteiger partial charge in [-0.3, -0.25) is 38.4 Å². The Balaban J connectivity index is 0.000000337. The number of methoxy groups -OCH3 is 2.